The zero-order valence-corrected chi connectivity index (χ0v) is 12.5. The summed E-state index contributed by atoms with van der Waals surface area (Å²) in [4.78, 5) is 17.2. The fourth-order valence-corrected chi connectivity index (χ4v) is 4.50. The highest BCUT2D eigenvalue weighted by Gasteiger charge is 2.32. The standard InChI is InChI=1S/C14H18N2OS2/c15-13(18)10-5-3-7-16(10)14(17)12-8-9-4-1-2-6-11(9)19-12/h8,10H,1-7H2,(H2,15,18). The Hall–Kier alpha value is -0.940. The fourth-order valence-electron chi connectivity index (χ4n) is 3.04. The van der Waals surface area contributed by atoms with Crippen LogP contribution in [0.3, 0.4) is 0 Å². The molecule has 1 atom stereocenters. The van der Waals surface area contributed by atoms with Gasteiger partial charge in [-0.25, -0.2) is 0 Å². The number of amides is 1. The normalized spacial score (nSPS) is 22.3. The number of rotatable bonds is 2. The first-order chi connectivity index (χ1) is 9.16. The quantitative estimate of drug-likeness (QED) is 0.853. The number of fused-ring (bicyclic) bond motifs is 1. The minimum absolute atomic E-state index is 0.0402. The zero-order chi connectivity index (χ0) is 13.4. The molecule has 1 aliphatic carbocycles. The van der Waals surface area contributed by atoms with Crippen molar-refractivity contribution in [2.45, 2.75) is 44.6 Å². The number of nitrogens with zero attached hydrogens (tertiary/aromatic N) is 1. The summed E-state index contributed by atoms with van der Waals surface area (Å²) in [5.41, 5.74) is 7.12. The summed E-state index contributed by atoms with van der Waals surface area (Å²) < 4.78 is 0. The Morgan fingerprint density at radius 2 is 2.16 bits per heavy atom. The molecule has 5 heteroatoms. The van der Waals surface area contributed by atoms with Gasteiger partial charge in [0.25, 0.3) is 5.91 Å². The van der Waals surface area contributed by atoms with Gasteiger partial charge in [-0.15, -0.1) is 11.3 Å². The van der Waals surface area contributed by atoms with E-state index >= 15 is 0 Å². The maximum atomic E-state index is 12.6. The highest BCUT2D eigenvalue weighted by Crippen LogP contribution is 2.31. The van der Waals surface area contributed by atoms with Crippen molar-refractivity contribution in [3.05, 3.63) is 21.4 Å². The second-order valence-corrected chi connectivity index (χ2v) is 6.93. The summed E-state index contributed by atoms with van der Waals surface area (Å²) in [6.45, 7) is 0.781. The Morgan fingerprint density at radius 3 is 2.89 bits per heavy atom. The maximum Gasteiger partial charge on any atom is 0.264 e. The molecule has 1 saturated heterocycles. The number of likely N-dealkylation sites (tertiary alicyclic amines) is 1. The van der Waals surface area contributed by atoms with E-state index in [1.54, 1.807) is 11.3 Å². The summed E-state index contributed by atoms with van der Waals surface area (Å²) in [7, 11) is 0. The van der Waals surface area contributed by atoms with Crippen LogP contribution in [0.25, 0.3) is 0 Å². The third-order valence-corrected chi connectivity index (χ3v) is 5.55. The largest absolute Gasteiger partial charge is 0.392 e. The number of aryl methyl sites for hydroxylation is 2. The van der Waals surface area contributed by atoms with Crippen LogP contribution in [-0.4, -0.2) is 28.4 Å². The van der Waals surface area contributed by atoms with Crippen molar-refractivity contribution in [3.63, 3.8) is 0 Å². The van der Waals surface area contributed by atoms with E-state index in [0.29, 0.717) is 4.99 Å². The summed E-state index contributed by atoms with van der Waals surface area (Å²) in [6.07, 6.45) is 6.66. The van der Waals surface area contributed by atoms with Crippen molar-refractivity contribution in [3.8, 4) is 0 Å². The van der Waals surface area contributed by atoms with Crippen molar-refractivity contribution < 1.29 is 4.79 Å². The first-order valence-electron chi connectivity index (χ1n) is 6.88. The molecular weight excluding hydrogens is 276 g/mol. The highest BCUT2D eigenvalue weighted by atomic mass is 32.1. The molecule has 1 aliphatic heterocycles. The van der Waals surface area contributed by atoms with Crippen molar-refractivity contribution in [1.29, 1.82) is 0 Å². The number of carbonyl (C=O) groups excluding carboxylic acids is 1. The van der Waals surface area contributed by atoms with Crippen LogP contribution in [0.5, 0.6) is 0 Å². The van der Waals surface area contributed by atoms with Crippen LogP contribution in [0.1, 0.15) is 45.8 Å². The van der Waals surface area contributed by atoms with E-state index in [9.17, 15) is 4.79 Å². The molecule has 102 valence electrons. The third kappa shape index (κ3) is 2.41. The lowest BCUT2D eigenvalue weighted by molar-refractivity contribution is 0.0775. The smallest absolute Gasteiger partial charge is 0.264 e. The average Bonchev–Trinajstić information content (AvgIpc) is 3.04. The van der Waals surface area contributed by atoms with E-state index in [2.05, 4.69) is 6.07 Å². The van der Waals surface area contributed by atoms with Crippen molar-refractivity contribution >= 4 is 34.5 Å². The lowest BCUT2D eigenvalue weighted by Gasteiger charge is -2.22. The summed E-state index contributed by atoms with van der Waals surface area (Å²) in [5, 5.41) is 0. The Labute approximate surface area is 122 Å². The molecule has 3 rings (SSSR count). The van der Waals surface area contributed by atoms with Gasteiger partial charge in [0.15, 0.2) is 0 Å². The number of hydrogen-bond acceptors (Lipinski definition) is 3. The topological polar surface area (TPSA) is 46.3 Å². The molecule has 0 spiro atoms. The molecule has 1 aromatic rings. The van der Waals surface area contributed by atoms with Gasteiger partial charge in [-0.1, -0.05) is 12.2 Å². The van der Waals surface area contributed by atoms with Gasteiger partial charge in [-0.3, -0.25) is 4.79 Å². The lowest BCUT2D eigenvalue weighted by Crippen LogP contribution is -2.42. The van der Waals surface area contributed by atoms with Gasteiger partial charge in [0.1, 0.15) is 0 Å². The first kappa shape index (κ1) is 13.1. The van der Waals surface area contributed by atoms with Gasteiger partial charge in [0, 0.05) is 11.4 Å². The Balaban J connectivity index is 1.83. The number of nitrogens with two attached hydrogens (primary N) is 1. The van der Waals surface area contributed by atoms with Crippen molar-refractivity contribution in [1.82, 2.24) is 4.90 Å². The van der Waals surface area contributed by atoms with E-state index in [1.165, 1.54) is 23.3 Å². The molecule has 1 aromatic heterocycles. The van der Waals surface area contributed by atoms with Crippen LogP contribution in [0.2, 0.25) is 0 Å². The van der Waals surface area contributed by atoms with Gasteiger partial charge in [-0.2, -0.15) is 0 Å². The molecule has 3 nitrogen and oxygen atoms in total. The number of thiocarbonyl (C=S) groups is 1. The molecule has 0 radical (unpaired) electrons. The highest BCUT2D eigenvalue weighted by molar-refractivity contribution is 7.80. The molecule has 1 fully saturated rings. The monoisotopic (exact) mass is 294 g/mol. The maximum absolute atomic E-state index is 12.6. The molecule has 2 N–H and O–H groups in total. The first-order valence-corrected chi connectivity index (χ1v) is 8.11. The van der Waals surface area contributed by atoms with Crippen LogP contribution < -0.4 is 5.73 Å². The lowest BCUT2D eigenvalue weighted by atomic mass is 9.99. The minimum atomic E-state index is -0.0402. The predicted molar refractivity (Wildman–Crippen MR) is 81.8 cm³/mol. The third-order valence-electron chi connectivity index (χ3n) is 4.05. The molecule has 2 heterocycles. The van der Waals surface area contributed by atoms with Crippen LogP contribution in [-0.2, 0) is 12.8 Å². The molecule has 0 saturated carbocycles. The van der Waals surface area contributed by atoms with Gasteiger partial charge in [0.2, 0.25) is 0 Å². The van der Waals surface area contributed by atoms with E-state index in [0.717, 1.165) is 37.1 Å². The van der Waals surface area contributed by atoms with Crippen molar-refractivity contribution in [2.24, 2.45) is 5.73 Å². The van der Waals surface area contributed by atoms with E-state index < -0.39 is 0 Å². The summed E-state index contributed by atoms with van der Waals surface area (Å²) in [6, 6.07) is 2.05. The van der Waals surface area contributed by atoms with Gasteiger partial charge in [0.05, 0.1) is 15.9 Å². The summed E-state index contributed by atoms with van der Waals surface area (Å²) >= 11 is 6.74. The molecule has 2 aliphatic rings. The number of carbonyl (C=O) groups is 1. The Morgan fingerprint density at radius 1 is 1.37 bits per heavy atom. The molecule has 19 heavy (non-hydrogen) atoms. The van der Waals surface area contributed by atoms with Crippen LogP contribution in [0, 0.1) is 0 Å². The van der Waals surface area contributed by atoms with Gasteiger partial charge < -0.3 is 10.6 Å². The Bertz CT molecular complexity index is 500. The predicted octanol–water partition coefficient (Wildman–Crippen LogP) is 2.52. The number of hydrogen-bond donors (Lipinski definition) is 1. The zero-order valence-electron chi connectivity index (χ0n) is 10.9. The van der Waals surface area contributed by atoms with Gasteiger partial charge >= 0.3 is 0 Å². The van der Waals surface area contributed by atoms with Crippen LogP contribution in [0.15, 0.2) is 6.07 Å². The Kier molecular flexibility index (Phi) is 3.58. The van der Waals surface area contributed by atoms with E-state index in [-0.39, 0.29) is 11.9 Å². The SMILES string of the molecule is NC(=S)C1CCCN1C(=O)c1cc2c(s1)CCCC2. The van der Waals surface area contributed by atoms with Crippen LogP contribution >= 0.6 is 23.6 Å². The van der Waals surface area contributed by atoms with E-state index in [4.69, 9.17) is 18.0 Å². The van der Waals surface area contributed by atoms with Gasteiger partial charge in [-0.05, 0) is 50.2 Å². The molecule has 1 unspecified atom stereocenters. The number of thiophene rings is 1. The molecule has 0 bridgehead atoms. The van der Waals surface area contributed by atoms with Crippen molar-refractivity contribution in [2.75, 3.05) is 6.54 Å². The van der Waals surface area contributed by atoms with E-state index in [1.807, 2.05) is 4.90 Å². The fraction of sp³-hybridized carbons (Fsp3) is 0.571. The molecule has 1 amide bonds. The van der Waals surface area contributed by atoms with Crippen LogP contribution in [0.4, 0.5) is 0 Å². The molecular formula is C14H18N2OS2. The summed E-state index contributed by atoms with van der Waals surface area (Å²) in [5.74, 6) is 0.120. The average molecular weight is 294 g/mol. The second kappa shape index (κ2) is 5.21. The second-order valence-electron chi connectivity index (χ2n) is 5.33. The minimum Gasteiger partial charge on any atom is -0.392 e. The molecule has 0 aromatic carbocycles.